The van der Waals surface area contributed by atoms with Crippen LogP contribution in [-0.2, 0) is 6.54 Å². The van der Waals surface area contributed by atoms with Gasteiger partial charge in [-0.1, -0.05) is 12.1 Å². The van der Waals surface area contributed by atoms with Crippen molar-refractivity contribution in [3.63, 3.8) is 0 Å². The molecule has 0 aromatic heterocycles. The molecule has 1 aliphatic heterocycles. The third-order valence-corrected chi connectivity index (χ3v) is 5.80. The minimum atomic E-state index is -0.643. The Hall–Kier alpha value is -4.79. The van der Waals surface area contributed by atoms with Gasteiger partial charge in [0.15, 0.2) is 40.3 Å². The van der Waals surface area contributed by atoms with E-state index >= 15 is 0 Å². The molecule has 1 amide bonds. The zero-order valence-electron chi connectivity index (χ0n) is 17.9. The van der Waals surface area contributed by atoms with Gasteiger partial charge in [0, 0.05) is 16.8 Å². The van der Waals surface area contributed by atoms with Crippen LogP contribution in [0.2, 0.25) is 0 Å². The summed E-state index contributed by atoms with van der Waals surface area (Å²) >= 11 is 0. The molecule has 0 unspecified atom stereocenters. The Morgan fingerprint density at radius 1 is 0.971 bits per heavy atom. The minimum absolute atomic E-state index is 0.0159. The van der Waals surface area contributed by atoms with Gasteiger partial charge in [-0.25, -0.2) is 0 Å². The number of anilines is 2. The molecule has 4 N–H and O–H groups in total. The van der Waals surface area contributed by atoms with Gasteiger partial charge < -0.3 is 30.3 Å². The van der Waals surface area contributed by atoms with Crippen molar-refractivity contribution in [1.29, 1.82) is 0 Å². The van der Waals surface area contributed by atoms with Crippen molar-refractivity contribution in [3.8, 4) is 28.7 Å². The zero-order chi connectivity index (χ0) is 24.1. The van der Waals surface area contributed by atoms with Crippen LogP contribution in [0.4, 0.5) is 11.4 Å². The number of phenolic OH excluding ortho intramolecular Hbond substituents is 2. The molecule has 170 valence electrons. The largest absolute Gasteiger partial charge is 0.505 e. The first-order chi connectivity index (χ1) is 16.3. The highest BCUT2D eigenvalue weighted by atomic mass is 16.5. The van der Waals surface area contributed by atoms with Gasteiger partial charge in [0.2, 0.25) is 5.91 Å². The number of fused-ring (bicyclic) bond motifs is 3. The molecule has 0 spiro atoms. The number of ether oxygens (including phenoxy) is 2. The average Bonchev–Trinajstić information content (AvgIpc) is 3.01. The second kappa shape index (κ2) is 7.66. The summed E-state index contributed by atoms with van der Waals surface area (Å²) in [5.74, 6) is -2.54. The number of allylic oxidation sites excluding steroid dienone is 2. The lowest BCUT2D eigenvalue weighted by atomic mass is 9.91. The van der Waals surface area contributed by atoms with E-state index in [9.17, 15) is 24.6 Å². The highest BCUT2D eigenvalue weighted by molar-refractivity contribution is 6.25. The predicted octanol–water partition coefficient (Wildman–Crippen LogP) is 3.58. The summed E-state index contributed by atoms with van der Waals surface area (Å²) in [4.78, 5) is 38.3. The van der Waals surface area contributed by atoms with Gasteiger partial charge in [-0.2, -0.15) is 0 Å². The number of carbonyl (C=O) groups excluding carboxylic acids is 3. The van der Waals surface area contributed by atoms with E-state index in [0.717, 1.165) is 12.2 Å². The first-order valence-corrected chi connectivity index (χ1v) is 10.2. The van der Waals surface area contributed by atoms with Crippen LogP contribution in [0.1, 0.15) is 36.6 Å². The molecule has 0 atom stereocenters. The first-order valence-electron chi connectivity index (χ1n) is 10.2. The number of rotatable bonds is 3. The monoisotopic (exact) mass is 458 g/mol. The van der Waals surface area contributed by atoms with Crippen molar-refractivity contribution < 1.29 is 34.1 Å². The Labute approximate surface area is 193 Å². The van der Waals surface area contributed by atoms with Crippen molar-refractivity contribution in [3.05, 3.63) is 76.9 Å². The molecule has 34 heavy (non-hydrogen) atoms. The summed E-state index contributed by atoms with van der Waals surface area (Å²) in [6, 6.07) is 11.5. The number of primary amides is 1. The average molecular weight is 458 g/mol. The van der Waals surface area contributed by atoms with E-state index in [2.05, 4.69) is 0 Å². The van der Waals surface area contributed by atoms with E-state index in [0.29, 0.717) is 17.0 Å². The molecule has 0 saturated carbocycles. The lowest BCUT2D eigenvalue weighted by Crippen LogP contribution is -2.19. The van der Waals surface area contributed by atoms with Crippen LogP contribution in [0.3, 0.4) is 0 Å². The number of ketones is 2. The molecule has 9 nitrogen and oxygen atoms in total. The lowest BCUT2D eigenvalue weighted by molar-refractivity contribution is 0.0989. The fourth-order valence-corrected chi connectivity index (χ4v) is 4.17. The van der Waals surface area contributed by atoms with Crippen molar-refractivity contribution in [2.75, 3.05) is 12.0 Å². The molecule has 5 rings (SSSR count). The Kier molecular flexibility index (Phi) is 4.75. The SMILES string of the molecule is COc1cccc2c1Oc1c(O)c3c(c(O)c1N(c1ccc(C(N)=O)cc1)C2)C(=O)C=CC3=O. The van der Waals surface area contributed by atoms with Gasteiger partial charge >= 0.3 is 0 Å². The van der Waals surface area contributed by atoms with Crippen LogP contribution in [0.5, 0.6) is 28.7 Å². The number of carbonyl (C=O) groups is 3. The van der Waals surface area contributed by atoms with E-state index in [1.165, 1.54) is 19.2 Å². The summed E-state index contributed by atoms with van der Waals surface area (Å²) in [5, 5.41) is 22.4. The fourth-order valence-electron chi connectivity index (χ4n) is 4.17. The molecule has 0 radical (unpaired) electrons. The standard InChI is InChI=1S/C25H18N2O7/c1-33-17-4-2-3-13-11-27(14-7-5-12(6-8-14)25(26)32)20-21(30)18-15(28)9-10-16(29)19(18)22(31)24(20)34-23(13)17/h2-10,30-31H,11H2,1H3,(H2,26,32). The lowest BCUT2D eigenvalue weighted by Gasteiger charge is -2.27. The van der Waals surface area contributed by atoms with Crippen LogP contribution < -0.4 is 20.1 Å². The number of phenols is 2. The molecule has 0 fully saturated rings. The first kappa shape index (κ1) is 21.1. The highest BCUT2D eigenvalue weighted by Crippen LogP contribution is 2.56. The summed E-state index contributed by atoms with van der Waals surface area (Å²) in [6.45, 7) is 0.138. The van der Waals surface area contributed by atoms with Crippen molar-refractivity contribution in [2.45, 2.75) is 6.54 Å². The van der Waals surface area contributed by atoms with E-state index < -0.39 is 29.0 Å². The molecule has 1 heterocycles. The van der Waals surface area contributed by atoms with Crippen LogP contribution in [0.25, 0.3) is 0 Å². The van der Waals surface area contributed by atoms with Crippen LogP contribution in [-0.4, -0.2) is 34.8 Å². The Balaban J connectivity index is 1.83. The predicted molar refractivity (Wildman–Crippen MR) is 121 cm³/mol. The maximum absolute atomic E-state index is 12.6. The number of hydrogen-bond acceptors (Lipinski definition) is 8. The van der Waals surface area contributed by atoms with Crippen molar-refractivity contribution >= 4 is 28.8 Å². The van der Waals surface area contributed by atoms with Gasteiger partial charge in [0.25, 0.3) is 0 Å². The third-order valence-electron chi connectivity index (χ3n) is 5.80. The molecular formula is C25H18N2O7. The Morgan fingerprint density at radius 3 is 2.24 bits per heavy atom. The molecule has 9 heteroatoms. The van der Waals surface area contributed by atoms with Gasteiger partial charge in [-0.15, -0.1) is 0 Å². The normalized spacial score (nSPS) is 14.0. The molecular weight excluding hydrogens is 440 g/mol. The van der Waals surface area contributed by atoms with Gasteiger partial charge in [0.05, 0.1) is 24.8 Å². The van der Waals surface area contributed by atoms with Gasteiger partial charge in [-0.05, 0) is 42.5 Å². The summed E-state index contributed by atoms with van der Waals surface area (Å²) in [5.41, 5.74) is 6.10. The van der Waals surface area contributed by atoms with Crippen LogP contribution in [0, 0.1) is 0 Å². The van der Waals surface area contributed by atoms with Gasteiger partial charge in [0.1, 0.15) is 5.69 Å². The van der Waals surface area contributed by atoms with Crippen LogP contribution >= 0.6 is 0 Å². The number of amides is 1. The summed E-state index contributed by atoms with van der Waals surface area (Å²) in [6.07, 6.45) is 2.07. The molecule has 3 aromatic carbocycles. The maximum Gasteiger partial charge on any atom is 0.248 e. The third kappa shape index (κ3) is 3.06. The fraction of sp³-hybridized carbons (Fsp3) is 0.0800. The molecule has 0 saturated heterocycles. The number of methoxy groups -OCH3 is 1. The molecule has 1 aliphatic carbocycles. The summed E-state index contributed by atoms with van der Waals surface area (Å²) < 4.78 is 11.5. The van der Waals surface area contributed by atoms with E-state index in [4.69, 9.17) is 15.2 Å². The number of benzene rings is 3. The highest BCUT2D eigenvalue weighted by Gasteiger charge is 2.37. The second-order valence-corrected chi connectivity index (χ2v) is 7.73. The minimum Gasteiger partial charge on any atom is -0.505 e. The maximum atomic E-state index is 12.6. The number of hydrogen-bond donors (Lipinski definition) is 3. The van der Waals surface area contributed by atoms with Crippen molar-refractivity contribution in [2.24, 2.45) is 5.73 Å². The topological polar surface area (TPSA) is 139 Å². The Morgan fingerprint density at radius 2 is 1.62 bits per heavy atom. The quantitative estimate of drug-likeness (QED) is 0.506. The van der Waals surface area contributed by atoms with E-state index in [-0.39, 0.29) is 40.4 Å². The van der Waals surface area contributed by atoms with Crippen molar-refractivity contribution in [1.82, 2.24) is 0 Å². The summed E-state index contributed by atoms with van der Waals surface area (Å²) in [7, 11) is 1.46. The number of nitrogens with two attached hydrogens (primary N) is 1. The van der Waals surface area contributed by atoms with E-state index in [1.54, 1.807) is 35.2 Å². The molecule has 3 aromatic rings. The van der Waals surface area contributed by atoms with E-state index in [1.807, 2.05) is 0 Å². The smallest absolute Gasteiger partial charge is 0.248 e. The zero-order valence-corrected chi connectivity index (χ0v) is 17.9. The second-order valence-electron chi connectivity index (χ2n) is 7.73. The van der Waals surface area contributed by atoms with Crippen LogP contribution in [0.15, 0.2) is 54.6 Å². The Bertz CT molecular complexity index is 1420. The van der Waals surface area contributed by atoms with Gasteiger partial charge in [-0.3, -0.25) is 14.4 Å². The molecule has 2 aliphatic rings. The number of nitrogens with zero attached hydrogens (tertiary/aromatic N) is 1. The number of aromatic hydroxyl groups is 2. The molecule has 0 bridgehead atoms. The number of para-hydroxylation sites is 1.